The van der Waals surface area contributed by atoms with Gasteiger partial charge in [-0.15, -0.1) is 6.42 Å². The third-order valence-electron chi connectivity index (χ3n) is 16.9. The molecule has 14 nitrogen and oxygen atoms in total. The fraction of sp³-hybridized carbons (Fsp3) is 0.491. The van der Waals surface area contributed by atoms with Crippen LogP contribution in [0.25, 0.3) is 32.8 Å². The van der Waals surface area contributed by atoms with E-state index in [1.165, 1.54) is 49.9 Å². The van der Waals surface area contributed by atoms with Crippen molar-refractivity contribution < 1.29 is 33.0 Å². The molecule has 5 saturated heterocycles. The summed E-state index contributed by atoms with van der Waals surface area (Å²) in [6.45, 7) is 13.6. The van der Waals surface area contributed by atoms with Crippen molar-refractivity contribution in [2.45, 2.75) is 83.7 Å². The highest BCUT2D eigenvalue weighted by Gasteiger charge is 2.40. The molecule has 6 fully saturated rings. The number of carbonyl (C=O) groups is 3. The van der Waals surface area contributed by atoms with Gasteiger partial charge in [-0.25, -0.2) is 13.6 Å². The number of phenolic OH excluding ortho intramolecular Hbond substituents is 1. The van der Waals surface area contributed by atoms with Gasteiger partial charge in [0.25, 0.3) is 5.91 Å². The lowest BCUT2D eigenvalue weighted by Gasteiger charge is -2.47. The maximum absolute atomic E-state index is 17.1. The average Bonchev–Trinajstić information content (AvgIpc) is 3.73. The lowest BCUT2D eigenvalue weighted by molar-refractivity contribution is -0.120. The Morgan fingerprint density at radius 1 is 0.890 bits per heavy atom. The molecule has 2 unspecified atom stereocenters. The van der Waals surface area contributed by atoms with Crippen LogP contribution in [0, 0.1) is 48.2 Å². The summed E-state index contributed by atoms with van der Waals surface area (Å²) in [4.78, 5) is 58.6. The minimum atomic E-state index is -0.626. The Bertz CT molecular complexity index is 3000. The van der Waals surface area contributed by atoms with E-state index >= 15 is 8.78 Å². The molecule has 1 aromatic heterocycles. The minimum absolute atomic E-state index is 0.000838. The molecule has 11 rings (SSSR count). The first kappa shape index (κ1) is 48.8. The van der Waals surface area contributed by atoms with Crippen molar-refractivity contribution in [2.75, 3.05) is 88.4 Å². The Morgan fingerprint density at radius 2 is 1.63 bits per heavy atom. The van der Waals surface area contributed by atoms with Crippen LogP contribution in [0.5, 0.6) is 11.8 Å². The van der Waals surface area contributed by atoms with E-state index in [0.29, 0.717) is 69.8 Å². The molecule has 382 valence electrons. The zero-order valence-corrected chi connectivity index (χ0v) is 41.9. The van der Waals surface area contributed by atoms with Crippen molar-refractivity contribution in [3.05, 3.63) is 82.9 Å². The number of anilines is 2. The summed E-state index contributed by atoms with van der Waals surface area (Å²) in [5.41, 5.74) is 2.93. The van der Waals surface area contributed by atoms with E-state index in [4.69, 9.17) is 21.1 Å². The van der Waals surface area contributed by atoms with Crippen LogP contribution in [0.3, 0.4) is 0 Å². The molecule has 6 aliphatic rings. The summed E-state index contributed by atoms with van der Waals surface area (Å²) in [5, 5.41) is 18.2. The van der Waals surface area contributed by atoms with E-state index in [1.54, 1.807) is 23.1 Å². The Morgan fingerprint density at radius 3 is 2.36 bits per heavy atom. The number of ether oxygens (including phenoxy) is 1. The van der Waals surface area contributed by atoms with E-state index in [2.05, 4.69) is 38.2 Å². The summed E-state index contributed by atoms with van der Waals surface area (Å²) >= 11 is 0. The Hall–Kier alpha value is -6.41. The number of piperidine rings is 1. The number of urea groups is 1. The summed E-state index contributed by atoms with van der Waals surface area (Å²) in [5.74, 6) is 2.28. The quantitative estimate of drug-likeness (QED) is 0.111. The number of halogens is 2. The normalized spacial score (nSPS) is 22.3. The summed E-state index contributed by atoms with van der Waals surface area (Å²) in [6, 6.07) is 15.0. The second-order valence-electron chi connectivity index (χ2n) is 21.9. The zero-order chi connectivity index (χ0) is 50.5. The molecule has 1 saturated carbocycles. The Labute approximate surface area is 425 Å². The summed E-state index contributed by atoms with van der Waals surface area (Å²) in [6.07, 6.45) is 15.0. The fourth-order valence-corrected chi connectivity index (χ4v) is 12.8. The van der Waals surface area contributed by atoms with Crippen LogP contribution in [0.4, 0.5) is 25.1 Å². The van der Waals surface area contributed by atoms with Gasteiger partial charge in [0.2, 0.25) is 5.91 Å². The van der Waals surface area contributed by atoms with Crippen molar-refractivity contribution in [2.24, 2.45) is 17.3 Å². The smallest absolute Gasteiger partial charge is 0.328 e. The molecule has 1 aliphatic carbocycles. The molecule has 0 radical (unpaired) electrons. The molecule has 3 N–H and O–H groups in total. The van der Waals surface area contributed by atoms with Gasteiger partial charge >= 0.3 is 12.0 Å². The Kier molecular flexibility index (Phi) is 13.5. The van der Waals surface area contributed by atoms with Crippen LogP contribution < -0.4 is 25.2 Å². The second-order valence-corrected chi connectivity index (χ2v) is 21.9. The maximum atomic E-state index is 17.1. The Balaban J connectivity index is 0.683. The van der Waals surface area contributed by atoms with Crippen molar-refractivity contribution in [1.82, 2.24) is 35.3 Å². The lowest BCUT2D eigenvalue weighted by atomic mass is 9.65. The van der Waals surface area contributed by atoms with Gasteiger partial charge in [-0.05, 0) is 123 Å². The molecule has 5 aromatic rings. The highest BCUT2D eigenvalue weighted by molar-refractivity contribution is 6.07. The number of aryl methyl sites for hydroxylation is 1. The fourth-order valence-electron chi connectivity index (χ4n) is 12.8. The number of carbonyl (C=O) groups excluding carboxylic acids is 3. The van der Waals surface area contributed by atoms with Gasteiger partial charge in [0.1, 0.15) is 22.9 Å². The van der Waals surface area contributed by atoms with Gasteiger partial charge in [0.15, 0.2) is 5.82 Å². The van der Waals surface area contributed by atoms with Gasteiger partial charge in [-0.3, -0.25) is 19.8 Å². The molecule has 5 aliphatic heterocycles. The predicted octanol–water partition coefficient (Wildman–Crippen LogP) is 7.86. The van der Waals surface area contributed by atoms with Crippen molar-refractivity contribution in [1.29, 1.82) is 0 Å². The molecule has 4 aromatic carbocycles. The second kappa shape index (κ2) is 20.1. The molecule has 1 spiro atoms. The number of imide groups is 1. The number of phenols is 1. The van der Waals surface area contributed by atoms with Crippen molar-refractivity contribution >= 4 is 51.0 Å². The molecule has 16 heteroatoms. The van der Waals surface area contributed by atoms with Crippen molar-refractivity contribution in [3.63, 3.8) is 0 Å². The first-order chi connectivity index (χ1) is 35.3. The van der Waals surface area contributed by atoms with E-state index in [1.807, 2.05) is 24.0 Å². The zero-order valence-electron chi connectivity index (χ0n) is 41.9. The van der Waals surface area contributed by atoms with Crippen LogP contribution in [0.1, 0.15) is 86.2 Å². The number of amides is 4. The van der Waals surface area contributed by atoms with Crippen LogP contribution in [-0.2, 0) is 4.79 Å². The third-order valence-corrected chi connectivity index (χ3v) is 16.9. The molecular formula is C57H65F2N9O5. The molecule has 6 heterocycles. The number of aromatic nitrogens is 2. The van der Waals surface area contributed by atoms with E-state index in [0.717, 1.165) is 96.7 Å². The van der Waals surface area contributed by atoms with Crippen LogP contribution in [0.2, 0.25) is 0 Å². The number of likely N-dealkylation sites (tertiary alicyclic amines) is 1. The SMILES string of the molecule is C#Cc1c(F)ccc2cc(O)cc(-c3ccc4c(N5CC6CCC(C5)N6)nc(OC[C@H](C)CN5CCN(CC6CCC7(CC6)CCN(C(=O)c6ccc(C)c(N8CCC(=O)NC8=O)c6)CC7)CC5)nc4c3F)c12. The number of piperazine rings is 2. The largest absolute Gasteiger partial charge is 0.508 e. The number of terminal acetylenes is 1. The maximum Gasteiger partial charge on any atom is 0.328 e. The number of benzene rings is 4. The van der Waals surface area contributed by atoms with Crippen LogP contribution >= 0.6 is 0 Å². The van der Waals surface area contributed by atoms with Gasteiger partial charge < -0.3 is 34.8 Å². The predicted molar refractivity (Wildman–Crippen MR) is 278 cm³/mol. The van der Waals surface area contributed by atoms with E-state index in [-0.39, 0.29) is 58.1 Å². The van der Waals surface area contributed by atoms with Gasteiger partial charge in [-0.2, -0.15) is 9.97 Å². The molecule has 2 bridgehead atoms. The molecule has 4 amide bonds. The van der Waals surface area contributed by atoms with E-state index < -0.39 is 17.7 Å². The first-order valence-corrected chi connectivity index (χ1v) is 26.3. The van der Waals surface area contributed by atoms with Crippen LogP contribution in [-0.4, -0.2) is 138 Å². The summed E-state index contributed by atoms with van der Waals surface area (Å²) < 4.78 is 38.6. The van der Waals surface area contributed by atoms with E-state index in [9.17, 15) is 19.5 Å². The number of nitrogens with one attached hydrogen (secondary N) is 2. The molecular weight excluding hydrogens is 929 g/mol. The van der Waals surface area contributed by atoms with Crippen molar-refractivity contribution in [3.8, 4) is 35.2 Å². The number of aromatic hydroxyl groups is 1. The van der Waals surface area contributed by atoms with Gasteiger partial charge in [-0.1, -0.05) is 31.0 Å². The lowest BCUT2D eigenvalue weighted by Crippen LogP contribution is -2.51. The number of rotatable bonds is 11. The average molecular weight is 994 g/mol. The number of hydrogen-bond donors (Lipinski definition) is 3. The topological polar surface area (TPSA) is 147 Å². The van der Waals surface area contributed by atoms with Gasteiger partial charge in [0, 0.05) is 124 Å². The number of hydrogen-bond acceptors (Lipinski definition) is 11. The third kappa shape index (κ3) is 9.91. The summed E-state index contributed by atoms with van der Waals surface area (Å²) in [7, 11) is 0. The number of nitrogens with zero attached hydrogens (tertiary/aromatic N) is 7. The highest BCUT2D eigenvalue weighted by Crippen LogP contribution is 2.47. The minimum Gasteiger partial charge on any atom is -0.508 e. The highest BCUT2D eigenvalue weighted by atomic mass is 19.1. The molecule has 73 heavy (non-hydrogen) atoms. The standard InChI is InChI=1S/C57H65F2N9O5/c1-4-43-47(58)12-7-38-27-42(69)29-46(50(38)43)44-10-11-45-52(51(44)59)62-55(63-53(45)67-32-40-8-9-41(33-67)60-40)73-34-35(2)30-64-23-25-65(26-24-64)31-37-13-16-57(17-14-37)18-21-66(22-19-57)54(71)39-6-5-36(3)48(28-39)68-20-15-49(70)61-56(68)72/h1,5-7,10-12,27-29,35,37,40-41,60,69H,8-9,13-26,30-34H2,2-3H3,(H,61,70,72)/t35-,40?,41?/m1/s1. The number of fused-ring (bicyclic) bond motifs is 4. The monoisotopic (exact) mass is 994 g/mol. The van der Waals surface area contributed by atoms with Gasteiger partial charge in [0.05, 0.1) is 12.2 Å². The molecule has 3 atom stereocenters. The first-order valence-electron chi connectivity index (χ1n) is 26.3. The van der Waals surface area contributed by atoms with Crippen LogP contribution in [0.15, 0.2) is 54.6 Å².